The van der Waals surface area contributed by atoms with Crippen LogP contribution in [0.15, 0.2) is 6.20 Å². The van der Waals surface area contributed by atoms with Crippen LogP contribution < -0.4 is 14.4 Å². The fourth-order valence-corrected chi connectivity index (χ4v) is 2.26. The summed E-state index contributed by atoms with van der Waals surface area (Å²) in [7, 11) is 1.69. The number of ether oxygens (including phenoxy) is 4. The number of nitrogens with one attached hydrogen (secondary N) is 2. The summed E-state index contributed by atoms with van der Waals surface area (Å²) >= 11 is 0. The van der Waals surface area contributed by atoms with Crippen LogP contribution in [0.25, 0.3) is 0 Å². The van der Waals surface area contributed by atoms with Crippen LogP contribution in [0.4, 0.5) is 0 Å². The highest BCUT2D eigenvalue weighted by atomic mass is 16.5. The molecule has 1 saturated heterocycles. The van der Waals surface area contributed by atoms with E-state index in [-0.39, 0.29) is 0 Å². The second kappa shape index (κ2) is 9.65. The Labute approximate surface area is 126 Å². The van der Waals surface area contributed by atoms with Gasteiger partial charge in [-0.2, -0.15) is 0 Å². The number of morpholine rings is 1. The second-order valence-electron chi connectivity index (χ2n) is 5.12. The molecule has 1 aromatic heterocycles. The number of hydrogen-bond donors (Lipinski definition) is 2. The van der Waals surface area contributed by atoms with E-state index in [1.165, 1.54) is 0 Å². The molecule has 0 unspecified atom stereocenters. The number of quaternary nitrogens is 1. The van der Waals surface area contributed by atoms with Crippen molar-refractivity contribution in [3.8, 4) is 11.6 Å². The molecule has 0 aromatic carbocycles. The first-order chi connectivity index (χ1) is 10.4. The highest BCUT2D eigenvalue weighted by molar-refractivity contribution is 5.24. The molecule has 21 heavy (non-hydrogen) atoms. The van der Waals surface area contributed by atoms with E-state index in [9.17, 15) is 0 Å². The van der Waals surface area contributed by atoms with Crippen LogP contribution in [0.2, 0.25) is 0 Å². The predicted molar refractivity (Wildman–Crippen MR) is 78.1 cm³/mol. The molecule has 1 aliphatic rings. The van der Waals surface area contributed by atoms with Crippen molar-refractivity contribution in [3.63, 3.8) is 0 Å². The van der Waals surface area contributed by atoms with Crippen molar-refractivity contribution in [1.29, 1.82) is 0 Å². The van der Waals surface area contributed by atoms with Crippen molar-refractivity contribution in [3.05, 3.63) is 12.3 Å². The fourth-order valence-electron chi connectivity index (χ4n) is 2.26. The van der Waals surface area contributed by atoms with Gasteiger partial charge < -0.3 is 28.8 Å². The van der Waals surface area contributed by atoms with E-state index in [2.05, 4.69) is 11.1 Å². The first kappa shape index (κ1) is 16.1. The molecule has 6 nitrogen and oxygen atoms in total. The lowest BCUT2D eigenvalue weighted by Gasteiger charge is -2.23. The first-order valence-electron chi connectivity index (χ1n) is 7.65. The molecule has 2 rings (SSSR count). The van der Waals surface area contributed by atoms with Gasteiger partial charge in [-0.15, -0.1) is 12.3 Å². The van der Waals surface area contributed by atoms with Crippen molar-refractivity contribution < 1.29 is 23.8 Å². The van der Waals surface area contributed by atoms with E-state index < -0.39 is 0 Å². The number of aromatic amines is 1. The monoisotopic (exact) mass is 298 g/mol. The third kappa shape index (κ3) is 6.37. The first-order valence-corrected chi connectivity index (χ1v) is 7.65. The molecule has 0 amide bonds. The molecule has 6 heteroatoms. The molecule has 2 N–H and O–H groups in total. The van der Waals surface area contributed by atoms with E-state index in [0.29, 0.717) is 31.5 Å². The Balaban J connectivity index is 1.54. The Kier molecular flexibility index (Phi) is 7.42. The van der Waals surface area contributed by atoms with Gasteiger partial charge in [-0.1, -0.05) is 0 Å². The van der Waals surface area contributed by atoms with E-state index in [1.54, 1.807) is 18.2 Å². The van der Waals surface area contributed by atoms with Gasteiger partial charge in [-0.3, -0.25) is 0 Å². The molecular weight excluding hydrogens is 272 g/mol. The Morgan fingerprint density at radius 1 is 1.19 bits per heavy atom. The molecule has 0 aliphatic carbocycles. The van der Waals surface area contributed by atoms with E-state index in [4.69, 9.17) is 18.9 Å². The molecule has 120 valence electrons. The van der Waals surface area contributed by atoms with Gasteiger partial charge in [0, 0.05) is 26.6 Å². The van der Waals surface area contributed by atoms with Gasteiger partial charge in [-0.05, 0) is 5.75 Å². The van der Waals surface area contributed by atoms with Crippen molar-refractivity contribution in [1.82, 2.24) is 4.98 Å². The summed E-state index contributed by atoms with van der Waals surface area (Å²) in [5.41, 5.74) is 0. The minimum absolute atomic E-state index is 0.627. The van der Waals surface area contributed by atoms with Gasteiger partial charge in [0.2, 0.25) is 0 Å². The largest absolute Gasteiger partial charge is 0.530 e. The summed E-state index contributed by atoms with van der Waals surface area (Å²) in [5.74, 6) is 1.34. The lowest BCUT2D eigenvalue weighted by molar-refractivity contribution is -0.908. The number of H-pyrrole nitrogens is 1. The molecule has 0 saturated carbocycles. The van der Waals surface area contributed by atoms with Crippen LogP contribution in [0.5, 0.6) is 11.6 Å². The average molecular weight is 298 g/mol. The molecular formula is C15H26N2O4. The van der Waals surface area contributed by atoms with E-state index in [1.807, 2.05) is 0 Å². The van der Waals surface area contributed by atoms with Crippen LogP contribution in [0, 0.1) is 6.07 Å². The second-order valence-corrected chi connectivity index (χ2v) is 5.12. The lowest BCUT2D eigenvalue weighted by atomic mass is 10.3. The van der Waals surface area contributed by atoms with Crippen molar-refractivity contribution in [2.75, 3.05) is 59.8 Å². The predicted octanol–water partition coefficient (Wildman–Crippen LogP) is -0.0858. The van der Waals surface area contributed by atoms with Gasteiger partial charge >= 0.3 is 0 Å². The summed E-state index contributed by atoms with van der Waals surface area (Å²) in [4.78, 5) is 4.62. The van der Waals surface area contributed by atoms with E-state index in [0.717, 1.165) is 45.7 Å². The highest BCUT2D eigenvalue weighted by Gasteiger charge is 2.12. The quantitative estimate of drug-likeness (QED) is 0.468. The summed E-state index contributed by atoms with van der Waals surface area (Å²) in [6.07, 6.45) is 3.68. The molecule has 2 heterocycles. The molecule has 1 aliphatic heterocycles. The summed E-state index contributed by atoms with van der Waals surface area (Å²) in [6.45, 7) is 7.13. The van der Waals surface area contributed by atoms with Gasteiger partial charge in [0.1, 0.15) is 13.1 Å². The Morgan fingerprint density at radius 2 is 2.00 bits per heavy atom. The van der Waals surface area contributed by atoms with Crippen LogP contribution in [-0.4, -0.2) is 64.8 Å². The average Bonchev–Trinajstić information content (AvgIpc) is 2.97. The van der Waals surface area contributed by atoms with Gasteiger partial charge in [-0.25, -0.2) is 0 Å². The summed E-state index contributed by atoms with van der Waals surface area (Å²) in [5, 5.41) is 0. The summed E-state index contributed by atoms with van der Waals surface area (Å²) < 4.78 is 21.5. The zero-order valence-corrected chi connectivity index (χ0v) is 12.8. The van der Waals surface area contributed by atoms with Gasteiger partial charge in [0.05, 0.1) is 38.9 Å². The van der Waals surface area contributed by atoms with Crippen LogP contribution in [0.3, 0.4) is 0 Å². The zero-order valence-electron chi connectivity index (χ0n) is 12.8. The third-order valence-corrected chi connectivity index (χ3v) is 3.44. The van der Waals surface area contributed by atoms with Crippen molar-refractivity contribution in [2.45, 2.75) is 12.8 Å². The fraction of sp³-hybridized carbons (Fsp3) is 0.733. The molecule has 1 fully saturated rings. The minimum Gasteiger partial charge on any atom is -0.530 e. The smallest absolute Gasteiger partial charge is 0.101 e. The maximum absolute atomic E-state index is 5.64. The molecule has 0 radical (unpaired) electrons. The van der Waals surface area contributed by atoms with Crippen molar-refractivity contribution in [2.24, 2.45) is 0 Å². The standard InChI is InChI=1S/C15H25N2O4/c1-18-7-3-9-20-14-12-15(16-13-14)21-8-2-4-17-5-10-19-11-6-17/h13,16H,2-11H2,1H3/q-1/p+1. The lowest BCUT2D eigenvalue weighted by Crippen LogP contribution is -3.14. The minimum atomic E-state index is 0.627. The normalized spacial score (nSPS) is 16.0. The number of methoxy groups -OCH3 is 1. The van der Waals surface area contributed by atoms with Gasteiger partial charge in [0.15, 0.2) is 0 Å². The Hall–Kier alpha value is -1.24. The van der Waals surface area contributed by atoms with Crippen LogP contribution in [-0.2, 0) is 9.47 Å². The Bertz CT molecular complexity index is 378. The van der Waals surface area contributed by atoms with E-state index >= 15 is 0 Å². The number of rotatable bonds is 10. The van der Waals surface area contributed by atoms with Crippen LogP contribution >= 0.6 is 0 Å². The molecule has 1 aromatic rings. The highest BCUT2D eigenvalue weighted by Crippen LogP contribution is 2.17. The molecule has 0 atom stereocenters. The Morgan fingerprint density at radius 3 is 2.81 bits per heavy atom. The van der Waals surface area contributed by atoms with Gasteiger partial charge in [0.25, 0.3) is 0 Å². The molecule has 0 bridgehead atoms. The third-order valence-electron chi connectivity index (χ3n) is 3.44. The SMILES string of the molecule is COCCCOc1[c-]c(OCCC[NH+]2CCOCC2)[nH]c1. The number of hydrogen-bond acceptors (Lipinski definition) is 4. The summed E-state index contributed by atoms with van der Waals surface area (Å²) in [6, 6.07) is 3.06. The van der Waals surface area contributed by atoms with Crippen molar-refractivity contribution >= 4 is 0 Å². The van der Waals surface area contributed by atoms with Crippen LogP contribution in [0.1, 0.15) is 12.8 Å². The topological polar surface area (TPSA) is 57.1 Å². The maximum Gasteiger partial charge on any atom is 0.101 e. The molecule has 0 spiro atoms. The maximum atomic E-state index is 5.64. The zero-order chi connectivity index (χ0) is 14.8. The number of aromatic nitrogens is 1.